The number of anilines is 2. The molecule has 1 saturated heterocycles. The molecule has 0 unspecified atom stereocenters. The van der Waals surface area contributed by atoms with E-state index in [1.165, 1.54) is 5.56 Å². The van der Waals surface area contributed by atoms with Gasteiger partial charge in [0.25, 0.3) is 0 Å². The SMILES string of the molecule is CCNc1cccnc1N1CCN(Cc2cc(C(C)(C)C)c(O)c(C(C)(C)C)c2)CC1. The van der Waals surface area contributed by atoms with Crippen LogP contribution >= 0.6 is 0 Å². The highest BCUT2D eigenvalue weighted by Crippen LogP contribution is 2.40. The van der Waals surface area contributed by atoms with Crippen molar-refractivity contribution in [1.82, 2.24) is 9.88 Å². The molecule has 1 aromatic carbocycles. The molecule has 5 nitrogen and oxygen atoms in total. The number of nitrogens with zero attached hydrogens (tertiary/aromatic N) is 3. The summed E-state index contributed by atoms with van der Waals surface area (Å²) in [6, 6.07) is 8.51. The zero-order valence-corrected chi connectivity index (χ0v) is 20.4. The standard InChI is InChI=1S/C26H40N4O/c1-8-27-22-10-9-11-28-24(22)30-14-12-29(13-15-30)18-19-16-20(25(2,3)4)23(31)21(17-19)26(5,6)7/h9-11,16-17,27,31H,8,12-15,18H2,1-7H3. The number of nitrogens with one attached hydrogen (secondary N) is 1. The van der Waals surface area contributed by atoms with Crippen molar-refractivity contribution in [2.24, 2.45) is 0 Å². The summed E-state index contributed by atoms with van der Waals surface area (Å²) in [4.78, 5) is 9.53. The van der Waals surface area contributed by atoms with Crippen molar-refractivity contribution < 1.29 is 5.11 Å². The van der Waals surface area contributed by atoms with Gasteiger partial charge in [0, 0.05) is 45.5 Å². The Hall–Kier alpha value is -2.27. The van der Waals surface area contributed by atoms with Crippen LogP contribution in [0.1, 0.15) is 65.2 Å². The smallest absolute Gasteiger partial charge is 0.152 e. The van der Waals surface area contributed by atoms with E-state index in [0.29, 0.717) is 5.75 Å². The third-order valence-corrected chi connectivity index (χ3v) is 6.02. The van der Waals surface area contributed by atoms with Gasteiger partial charge in [-0.15, -0.1) is 0 Å². The maximum Gasteiger partial charge on any atom is 0.152 e. The van der Waals surface area contributed by atoms with Crippen molar-refractivity contribution in [2.45, 2.75) is 65.8 Å². The van der Waals surface area contributed by atoms with E-state index in [1.54, 1.807) is 0 Å². The van der Waals surface area contributed by atoms with Crippen LogP contribution in [0.15, 0.2) is 30.5 Å². The van der Waals surface area contributed by atoms with Gasteiger partial charge in [-0.2, -0.15) is 0 Å². The van der Waals surface area contributed by atoms with Crippen molar-refractivity contribution in [3.05, 3.63) is 47.2 Å². The summed E-state index contributed by atoms with van der Waals surface area (Å²) in [6.07, 6.45) is 1.88. The first-order valence-corrected chi connectivity index (χ1v) is 11.5. The fourth-order valence-electron chi connectivity index (χ4n) is 4.28. The van der Waals surface area contributed by atoms with Gasteiger partial charge in [-0.3, -0.25) is 4.90 Å². The number of phenols is 1. The van der Waals surface area contributed by atoms with Gasteiger partial charge in [0.05, 0.1) is 5.69 Å². The highest BCUT2D eigenvalue weighted by Gasteiger charge is 2.27. The Morgan fingerprint density at radius 2 is 1.55 bits per heavy atom. The van der Waals surface area contributed by atoms with Gasteiger partial charge in [0.1, 0.15) is 5.75 Å². The van der Waals surface area contributed by atoms with E-state index in [1.807, 2.05) is 12.3 Å². The molecule has 3 rings (SSSR count). The minimum atomic E-state index is -0.0968. The average Bonchev–Trinajstić information content (AvgIpc) is 2.69. The average molecular weight is 425 g/mol. The molecular formula is C26H40N4O. The lowest BCUT2D eigenvalue weighted by Gasteiger charge is -2.36. The first kappa shape index (κ1) is 23.4. The molecule has 31 heavy (non-hydrogen) atoms. The number of rotatable bonds is 5. The molecule has 2 N–H and O–H groups in total. The summed E-state index contributed by atoms with van der Waals surface area (Å²) in [5.41, 5.74) is 4.28. The number of pyridine rings is 1. The van der Waals surface area contributed by atoms with Crippen LogP contribution in [0.2, 0.25) is 0 Å². The van der Waals surface area contributed by atoms with Crippen LogP contribution in [0.3, 0.4) is 0 Å². The van der Waals surface area contributed by atoms with Crippen molar-refractivity contribution in [3.63, 3.8) is 0 Å². The molecule has 1 aromatic heterocycles. The van der Waals surface area contributed by atoms with E-state index in [9.17, 15) is 5.11 Å². The molecular weight excluding hydrogens is 384 g/mol. The fourth-order valence-corrected chi connectivity index (χ4v) is 4.28. The Bertz CT molecular complexity index is 852. The van der Waals surface area contributed by atoms with Crippen LogP contribution in [-0.4, -0.2) is 47.7 Å². The van der Waals surface area contributed by atoms with E-state index in [4.69, 9.17) is 0 Å². The van der Waals surface area contributed by atoms with Crippen LogP contribution < -0.4 is 10.2 Å². The Kier molecular flexibility index (Phi) is 6.85. The summed E-state index contributed by atoms with van der Waals surface area (Å²) in [5.74, 6) is 1.51. The number of hydrogen-bond donors (Lipinski definition) is 2. The van der Waals surface area contributed by atoms with Gasteiger partial charge in [0.15, 0.2) is 5.82 Å². The Labute approximate surface area is 188 Å². The van der Waals surface area contributed by atoms with Gasteiger partial charge in [0.2, 0.25) is 0 Å². The van der Waals surface area contributed by atoms with Crippen molar-refractivity contribution >= 4 is 11.5 Å². The molecule has 0 atom stereocenters. The summed E-state index contributed by atoms with van der Waals surface area (Å²) < 4.78 is 0. The fraction of sp³-hybridized carbons (Fsp3) is 0.577. The van der Waals surface area contributed by atoms with Crippen molar-refractivity contribution in [1.29, 1.82) is 0 Å². The van der Waals surface area contributed by atoms with Gasteiger partial charge in [-0.25, -0.2) is 4.98 Å². The summed E-state index contributed by atoms with van der Waals surface area (Å²) in [7, 11) is 0. The second-order valence-electron chi connectivity index (χ2n) is 10.7. The number of aromatic hydroxyl groups is 1. The minimum absolute atomic E-state index is 0.0968. The van der Waals surface area contributed by atoms with Crippen molar-refractivity contribution in [2.75, 3.05) is 42.9 Å². The van der Waals surface area contributed by atoms with Crippen molar-refractivity contribution in [3.8, 4) is 5.75 Å². The maximum atomic E-state index is 11.0. The van der Waals surface area contributed by atoms with E-state index < -0.39 is 0 Å². The summed E-state index contributed by atoms with van der Waals surface area (Å²) >= 11 is 0. The maximum absolute atomic E-state index is 11.0. The second kappa shape index (κ2) is 9.07. The molecule has 1 fully saturated rings. The highest BCUT2D eigenvalue weighted by molar-refractivity contribution is 5.65. The van der Waals surface area contributed by atoms with Gasteiger partial charge < -0.3 is 15.3 Å². The number of benzene rings is 1. The quantitative estimate of drug-likeness (QED) is 0.696. The largest absolute Gasteiger partial charge is 0.507 e. The predicted octanol–water partition coefficient (Wildman–Crippen LogP) is 5.14. The Morgan fingerprint density at radius 3 is 2.06 bits per heavy atom. The van der Waals surface area contributed by atoms with Crippen LogP contribution in [0.4, 0.5) is 11.5 Å². The first-order valence-electron chi connectivity index (χ1n) is 11.5. The molecule has 2 aromatic rings. The van der Waals surface area contributed by atoms with Crippen LogP contribution in [0, 0.1) is 0 Å². The minimum Gasteiger partial charge on any atom is -0.507 e. The van der Waals surface area contributed by atoms with Gasteiger partial charge in [-0.05, 0) is 46.6 Å². The number of piperazine rings is 1. The zero-order chi connectivity index (χ0) is 22.8. The van der Waals surface area contributed by atoms with Gasteiger partial charge in [-0.1, -0.05) is 53.7 Å². The first-order chi connectivity index (χ1) is 14.5. The number of phenolic OH excluding ortho intramolecular Hbond substituents is 1. The highest BCUT2D eigenvalue weighted by atomic mass is 16.3. The molecule has 170 valence electrons. The molecule has 1 aliphatic rings. The molecule has 1 aliphatic heterocycles. The lowest BCUT2D eigenvalue weighted by Crippen LogP contribution is -2.46. The lowest BCUT2D eigenvalue weighted by molar-refractivity contribution is 0.249. The van der Waals surface area contributed by atoms with Crippen LogP contribution in [0.5, 0.6) is 5.75 Å². The van der Waals surface area contributed by atoms with E-state index in [2.05, 4.69) is 86.8 Å². The molecule has 2 heterocycles. The lowest BCUT2D eigenvalue weighted by atomic mass is 9.78. The molecule has 0 saturated carbocycles. The van der Waals surface area contributed by atoms with Crippen LogP contribution in [0.25, 0.3) is 0 Å². The summed E-state index contributed by atoms with van der Waals surface area (Å²) in [5, 5.41) is 14.4. The van der Waals surface area contributed by atoms with E-state index >= 15 is 0 Å². The predicted molar refractivity (Wildman–Crippen MR) is 131 cm³/mol. The molecule has 0 bridgehead atoms. The van der Waals surface area contributed by atoms with E-state index in [0.717, 1.165) is 61.9 Å². The molecule has 0 amide bonds. The summed E-state index contributed by atoms with van der Waals surface area (Å²) in [6.45, 7) is 20.9. The Morgan fingerprint density at radius 1 is 0.968 bits per heavy atom. The third kappa shape index (κ3) is 5.51. The van der Waals surface area contributed by atoms with Crippen LogP contribution in [-0.2, 0) is 17.4 Å². The normalized spacial score (nSPS) is 15.9. The zero-order valence-electron chi connectivity index (χ0n) is 20.4. The molecule has 0 aliphatic carbocycles. The number of aromatic nitrogens is 1. The Balaban J connectivity index is 1.76. The van der Waals surface area contributed by atoms with E-state index in [-0.39, 0.29) is 10.8 Å². The second-order valence-corrected chi connectivity index (χ2v) is 10.7. The van der Waals surface area contributed by atoms with Gasteiger partial charge >= 0.3 is 0 Å². The number of hydrogen-bond acceptors (Lipinski definition) is 5. The molecule has 0 radical (unpaired) electrons. The topological polar surface area (TPSA) is 51.6 Å². The monoisotopic (exact) mass is 424 g/mol. The molecule has 5 heteroatoms. The molecule has 0 spiro atoms. The third-order valence-electron chi connectivity index (χ3n) is 6.02.